The topological polar surface area (TPSA) is 0 Å². The third-order valence-electron chi connectivity index (χ3n) is 0.452. The van der Waals surface area contributed by atoms with Crippen LogP contribution in [0.4, 0.5) is 13.2 Å². The molecule has 0 aliphatic heterocycles. The molecular weight excluding hydrogens is 117 g/mol. The number of hydrogen-bond donors (Lipinski definition) is 0. The predicted molar refractivity (Wildman–Crippen MR) is 25.5 cm³/mol. The smallest absolute Gasteiger partial charge is 0.212 e. The first kappa shape index (κ1) is 7.53. The van der Waals surface area contributed by atoms with Gasteiger partial charge in [0.2, 0.25) is 0 Å². The van der Waals surface area contributed by atoms with Crippen molar-refractivity contribution in [3.05, 3.63) is 11.9 Å². The van der Waals surface area contributed by atoms with Crippen molar-refractivity contribution in [3.8, 4) is 0 Å². The van der Waals surface area contributed by atoms with Gasteiger partial charge in [0.15, 0.2) is 0 Å². The fraction of sp³-hybridized carbons (Fsp3) is 0.600. The van der Waals surface area contributed by atoms with E-state index in [1.807, 2.05) is 0 Å². The van der Waals surface area contributed by atoms with E-state index >= 15 is 0 Å². The molecule has 3 heteroatoms. The molecule has 48 valence electrons. The average molecular weight is 124 g/mol. The van der Waals surface area contributed by atoms with E-state index in [0.717, 1.165) is 6.92 Å². The van der Waals surface area contributed by atoms with E-state index in [-0.39, 0.29) is 6.08 Å². The summed E-state index contributed by atoms with van der Waals surface area (Å²) in [6.07, 6.45) is 0.271. The van der Waals surface area contributed by atoms with Gasteiger partial charge < -0.3 is 0 Å². The van der Waals surface area contributed by atoms with E-state index in [9.17, 15) is 13.2 Å². The van der Waals surface area contributed by atoms with Crippen molar-refractivity contribution in [2.24, 2.45) is 0 Å². The van der Waals surface area contributed by atoms with Gasteiger partial charge in [0.1, 0.15) is 0 Å². The second-order valence-electron chi connectivity index (χ2n) is 1.69. The first-order valence-corrected chi connectivity index (χ1v) is 2.14. The lowest BCUT2D eigenvalue weighted by Crippen LogP contribution is -2.03. The summed E-state index contributed by atoms with van der Waals surface area (Å²) in [7, 11) is 0. The van der Waals surface area contributed by atoms with Crippen LogP contribution in [0.3, 0.4) is 0 Å². The van der Waals surface area contributed by atoms with Crippen LogP contribution in [0.25, 0.3) is 0 Å². The third-order valence-corrected chi connectivity index (χ3v) is 0.452. The predicted octanol–water partition coefficient (Wildman–Crippen LogP) is 2.51. The molecule has 0 atom stereocenters. The molecule has 0 heterocycles. The summed E-state index contributed by atoms with van der Waals surface area (Å²) in [4.78, 5) is 0. The van der Waals surface area contributed by atoms with E-state index in [4.69, 9.17) is 0 Å². The van der Waals surface area contributed by atoms with Crippen LogP contribution in [0, 0.1) is 0 Å². The number of rotatable bonds is 1. The van der Waals surface area contributed by atoms with Crippen LogP contribution in [0.1, 0.15) is 13.8 Å². The van der Waals surface area contributed by atoms with Crippen LogP contribution in [0.15, 0.2) is 11.9 Å². The van der Waals surface area contributed by atoms with Crippen LogP contribution < -0.4 is 0 Å². The molecule has 0 bridgehead atoms. The summed E-state index contributed by atoms with van der Waals surface area (Å²) in [6.45, 7) is 1.62. The van der Waals surface area contributed by atoms with Crippen molar-refractivity contribution >= 4 is 0 Å². The third kappa shape index (κ3) is 5.53. The minimum Gasteiger partial charge on any atom is -0.212 e. The van der Waals surface area contributed by atoms with Crippen LogP contribution in [0.5, 0.6) is 0 Å². The van der Waals surface area contributed by atoms with Gasteiger partial charge in [-0.2, -0.15) is 0 Å². The number of hydrogen-bond acceptors (Lipinski definition) is 0. The van der Waals surface area contributed by atoms with E-state index in [0.29, 0.717) is 6.92 Å². The molecule has 0 spiro atoms. The van der Waals surface area contributed by atoms with Gasteiger partial charge in [0.05, 0.1) is 5.83 Å². The molecule has 0 radical (unpaired) electrons. The molecule has 0 saturated carbocycles. The second kappa shape index (κ2) is 2.20. The molecule has 0 N–H and O–H groups in total. The summed E-state index contributed by atoms with van der Waals surface area (Å²) >= 11 is 0. The Balaban J connectivity index is 3.89. The molecular formula is C5H7F3. The summed E-state index contributed by atoms with van der Waals surface area (Å²) in [5.41, 5.74) is 0. The Bertz CT molecular complexity index is 94.7. The van der Waals surface area contributed by atoms with E-state index in [2.05, 4.69) is 0 Å². The van der Waals surface area contributed by atoms with Gasteiger partial charge in [0.25, 0.3) is 5.92 Å². The molecule has 0 aromatic heterocycles. The standard InChI is InChI=1S/C5H7F3/c1-4(6)3-5(2,7)8/h3H,1-2H3. The van der Waals surface area contributed by atoms with Gasteiger partial charge in [-0.25, -0.2) is 13.2 Å². The van der Waals surface area contributed by atoms with Gasteiger partial charge in [-0.3, -0.25) is 0 Å². The average Bonchev–Trinajstić information content (AvgIpc) is 1.21. The Hall–Kier alpha value is -0.470. The Morgan fingerprint density at radius 2 is 1.88 bits per heavy atom. The molecule has 0 aromatic rings. The molecule has 0 amide bonds. The minimum absolute atomic E-state index is 0.271. The molecule has 0 unspecified atom stereocenters. The second-order valence-corrected chi connectivity index (χ2v) is 1.69. The van der Waals surface area contributed by atoms with Crippen LogP contribution in [0.2, 0.25) is 0 Å². The zero-order valence-electron chi connectivity index (χ0n) is 4.71. The van der Waals surface area contributed by atoms with Crippen molar-refractivity contribution < 1.29 is 13.2 Å². The van der Waals surface area contributed by atoms with Crippen molar-refractivity contribution in [3.63, 3.8) is 0 Å². The summed E-state index contributed by atoms with van der Waals surface area (Å²) in [5.74, 6) is -3.86. The Kier molecular flexibility index (Phi) is 2.07. The first-order valence-electron chi connectivity index (χ1n) is 2.14. The molecule has 0 rings (SSSR count). The number of allylic oxidation sites excluding steroid dienone is 2. The molecule has 8 heavy (non-hydrogen) atoms. The van der Waals surface area contributed by atoms with Crippen molar-refractivity contribution in [1.29, 1.82) is 0 Å². The molecule has 0 aliphatic carbocycles. The quantitative estimate of drug-likeness (QED) is 0.503. The summed E-state index contributed by atoms with van der Waals surface area (Å²) < 4.78 is 34.9. The van der Waals surface area contributed by atoms with Gasteiger partial charge in [-0.05, 0) is 6.92 Å². The Morgan fingerprint density at radius 1 is 1.50 bits per heavy atom. The maximum atomic E-state index is 11.7. The van der Waals surface area contributed by atoms with E-state index in [1.165, 1.54) is 0 Å². The summed E-state index contributed by atoms with van der Waals surface area (Å²) in [6, 6.07) is 0. The largest absolute Gasteiger partial charge is 0.266 e. The van der Waals surface area contributed by atoms with Gasteiger partial charge in [-0.15, -0.1) is 0 Å². The zero-order chi connectivity index (χ0) is 6.78. The van der Waals surface area contributed by atoms with Crippen LogP contribution in [-0.2, 0) is 0 Å². The van der Waals surface area contributed by atoms with Gasteiger partial charge >= 0.3 is 0 Å². The van der Waals surface area contributed by atoms with Gasteiger partial charge in [-0.1, -0.05) is 0 Å². The molecule has 0 aromatic carbocycles. The SMILES string of the molecule is CC(F)=CC(C)(F)F. The van der Waals surface area contributed by atoms with Crippen LogP contribution >= 0.6 is 0 Å². The fourth-order valence-electron chi connectivity index (χ4n) is 0.349. The highest BCUT2D eigenvalue weighted by atomic mass is 19.3. The first-order chi connectivity index (χ1) is 3.42. The lowest BCUT2D eigenvalue weighted by Gasteiger charge is -2.00. The monoisotopic (exact) mass is 124 g/mol. The van der Waals surface area contributed by atoms with Crippen LogP contribution in [-0.4, -0.2) is 5.92 Å². The Labute approximate surface area is 46.0 Å². The fourth-order valence-corrected chi connectivity index (χ4v) is 0.349. The molecule has 0 nitrogen and oxygen atoms in total. The van der Waals surface area contributed by atoms with Crippen molar-refractivity contribution in [2.75, 3.05) is 0 Å². The Morgan fingerprint density at radius 3 is 1.88 bits per heavy atom. The zero-order valence-corrected chi connectivity index (χ0v) is 4.71. The maximum absolute atomic E-state index is 11.7. The number of halogens is 3. The minimum atomic E-state index is -3.02. The normalized spacial score (nSPS) is 14.4. The molecule has 0 saturated heterocycles. The molecule has 0 aliphatic rings. The lowest BCUT2D eigenvalue weighted by atomic mass is 10.3. The van der Waals surface area contributed by atoms with E-state index < -0.39 is 11.7 Å². The van der Waals surface area contributed by atoms with E-state index in [1.54, 1.807) is 0 Å². The lowest BCUT2D eigenvalue weighted by molar-refractivity contribution is 0.0751. The summed E-state index contributed by atoms with van der Waals surface area (Å²) in [5, 5.41) is 0. The van der Waals surface area contributed by atoms with Crippen molar-refractivity contribution in [1.82, 2.24) is 0 Å². The molecule has 0 fully saturated rings. The highest BCUT2D eigenvalue weighted by molar-refractivity contribution is 4.95. The van der Waals surface area contributed by atoms with Gasteiger partial charge in [0, 0.05) is 13.0 Å². The van der Waals surface area contributed by atoms with Crippen molar-refractivity contribution in [2.45, 2.75) is 19.8 Å². The highest BCUT2D eigenvalue weighted by Gasteiger charge is 2.16. The maximum Gasteiger partial charge on any atom is 0.266 e. The number of alkyl halides is 2. The highest BCUT2D eigenvalue weighted by Crippen LogP contribution is 2.15.